The summed E-state index contributed by atoms with van der Waals surface area (Å²) in [5.41, 5.74) is 2.14. The van der Waals surface area contributed by atoms with Gasteiger partial charge >= 0.3 is 0 Å². The van der Waals surface area contributed by atoms with E-state index in [1.165, 1.54) is 12.0 Å². The van der Waals surface area contributed by atoms with Gasteiger partial charge in [-0.1, -0.05) is 0 Å². The molecule has 2 aromatic heterocycles. The summed E-state index contributed by atoms with van der Waals surface area (Å²) in [5, 5.41) is 8.41. The van der Waals surface area contributed by atoms with E-state index in [0.717, 1.165) is 30.9 Å². The Morgan fingerprint density at radius 1 is 1.50 bits per heavy atom. The minimum atomic E-state index is 0.328. The Balaban J connectivity index is 1.91. The van der Waals surface area contributed by atoms with Crippen LogP contribution in [0.1, 0.15) is 24.2 Å². The molecule has 16 heavy (non-hydrogen) atoms. The Kier molecular flexibility index (Phi) is 2.36. The van der Waals surface area contributed by atoms with Crippen molar-refractivity contribution in [3.05, 3.63) is 29.7 Å². The van der Waals surface area contributed by atoms with E-state index in [-0.39, 0.29) is 0 Å². The van der Waals surface area contributed by atoms with E-state index in [4.69, 9.17) is 4.74 Å². The smallest absolute Gasteiger partial charge is 0.161 e. The molecule has 4 heteroatoms. The number of nitrogens with zero attached hydrogens (tertiary/aromatic N) is 3. The van der Waals surface area contributed by atoms with E-state index in [2.05, 4.69) is 27.6 Å². The number of hydrogen-bond acceptors (Lipinski definition) is 3. The van der Waals surface area contributed by atoms with E-state index in [1.54, 1.807) is 0 Å². The summed E-state index contributed by atoms with van der Waals surface area (Å²) >= 11 is 0. The molecular weight excluding hydrogens is 202 g/mol. The summed E-state index contributed by atoms with van der Waals surface area (Å²) in [4.78, 5) is 0. The molecule has 0 amide bonds. The van der Waals surface area contributed by atoms with E-state index < -0.39 is 0 Å². The van der Waals surface area contributed by atoms with E-state index >= 15 is 0 Å². The zero-order valence-electron chi connectivity index (χ0n) is 9.39. The first-order valence-corrected chi connectivity index (χ1v) is 5.75. The lowest BCUT2D eigenvalue weighted by Gasteiger charge is -2.07. The summed E-state index contributed by atoms with van der Waals surface area (Å²) in [6.45, 7) is 2.95. The first-order valence-electron chi connectivity index (χ1n) is 5.75. The third-order valence-electron chi connectivity index (χ3n) is 3.07. The van der Waals surface area contributed by atoms with Crippen molar-refractivity contribution < 1.29 is 4.74 Å². The maximum Gasteiger partial charge on any atom is 0.161 e. The van der Waals surface area contributed by atoms with Crippen LogP contribution in [0.2, 0.25) is 0 Å². The summed E-state index contributed by atoms with van der Waals surface area (Å²) < 4.78 is 7.67. The molecule has 84 valence electrons. The fourth-order valence-corrected chi connectivity index (χ4v) is 2.19. The normalized spacial score (nSPS) is 20.7. The molecule has 3 rings (SSSR count). The van der Waals surface area contributed by atoms with Crippen LogP contribution in [0.5, 0.6) is 0 Å². The maximum absolute atomic E-state index is 5.62. The number of ether oxygens (including phenoxy) is 1. The Morgan fingerprint density at radius 3 is 3.25 bits per heavy atom. The van der Waals surface area contributed by atoms with Crippen LogP contribution in [-0.2, 0) is 11.2 Å². The predicted molar refractivity (Wildman–Crippen MR) is 60.4 cm³/mol. The Hall–Kier alpha value is -1.42. The van der Waals surface area contributed by atoms with Crippen molar-refractivity contribution >= 4 is 5.65 Å². The van der Waals surface area contributed by atoms with Gasteiger partial charge in [-0.05, 0) is 37.5 Å². The van der Waals surface area contributed by atoms with Crippen LogP contribution >= 0.6 is 0 Å². The average molecular weight is 217 g/mol. The summed E-state index contributed by atoms with van der Waals surface area (Å²) in [5.74, 6) is 1.00. The molecule has 0 bridgehead atoms. The number of hydrogen-bond donors (Lipinski definition) is 0. The van der Waals surface area contributed by atoms with Crippen LogP contribution in [0.15, 0.2) is 18.3 Å². The Bertz CT molecular complexity index is 500. The molecule has 1 atom stereocenters. The first kappa shape index (κ1) is 9.78. The highest BCUT2D eigenvalue weighted by molar-refractivity contribution is 5.40. The van der Waals surface area contributed by atoms with Crippen LogP contribution in [0.3, 0.4) is 0 Å². The lowest BCUT2D eigenvalue weighted by molar-refractivity contribution is 0.109. The van der Waals surface area contributed by atoms with Gasteiger partial charge in [-0.3, -0.25) is 4.40 Å². The van der Waals surface area contributed by atoms with Gasteiger partial charge in [-0.2, -0.15) is 0 Å². The maximum atomic E-state index is 5.62. The van der Waals surface area contributed by atoms with E-state index in [1.807, 2.05) is 12.3 Å². The molecule has 0 aliphatic carbocycles. The van der Waals surface area contributed by atoms with Crippen molar-refractivity contribution in [3.8, 4) is 0 Å². The quantitative estimate of drug-likeness (QED) is 0.769. The monoisotopic (exact) mass is 217 g/mol. The zero-order chi connectivity index (χ0) is 11.0. The van der Waals surface area contributed by atoms with Gasteiger partial charge in [0.05, 0.1) is 6.10 Å². The first-order chi connectivity index (χ1) is 7.83. The molecule has 2 aromatic rings. The molecule has 4 nitrogen and oxygen atoms in total. The highest BCUT2D eigenvalue weighted by atomic mass is 16.5. The topological polar surface area (TPSA) is 39.4 Å². The molecular formula is C12H15N3O. The third-order valence-corrected chi connectivity index (χ3v) is 3.07. The van der Waals surface area contributed by atoms with Gasteiger partial charge in [0.15, 0.2) is 5.65 Å². The van der Waals surface area contributed by atoms with Crippen molar-refractivity contribution in [2.75, 3.05) is 6.61 Å². The molecule has 1 aliphatic rings. The fourth-order valence-electron chi connectivity index (χ4n) is 2.19. The minimum absolute atomic E-state index is 0.328. The van der Waals surface area contributed by atoms with Gasteiger partial charge < -0.3 is 4.74 Å². The number of fused-ring (bicyclic) bond motifs is 1. The van der Waals surface area contributed by atoms with E-state index in [9.17, 15) is 0 Å². The van der Waals surface area contributed by atoms with Crippen LogP contribution < -0.4 is 0 Å². The van der Waals surface area contributed by atoms with Gasteiger partial charge in [-0.15, -0.1) is 10.2 Å². The summed E-state index contributed by atoms with van der Waals surface area (Å²) in [6.07, 6.45) is 5.54. The van der Waals surface area contributed by atoms with Crippen molar-refractivity contribution in [3.63, 3.8) is 0 Å². The molecule has 1 unspecified atom stereocenters. The fraction of sp³-hybridized carbons (Fsp3) is 0.500. The van der Waals surface area contributed by atoms with E-state index in [0.29, 0.717) is 6.10 Å². The Morgan fingerprint density at radius 2 is 2.44 bits per heavy atom. The van der Waals surface area contributed by atoms with Gasteiger partial charge in [-0.25, -0.2) is 0 Å². The van der Waals surface area contributed by atoms with Crippen molar-refractivity contribution in [1.82, 2.24) is 14.6 Å². The van der Waals surface area contributed by atoms with Gasteiger partial charge in [0.25, 0.3) is 0 Å². The highest BCUT2D eigenvalue weighted by Crippen LogP contribution is 2.17. The molecule has 3 heterocycles. The third kappa shape index (κ3) is 1.69. The number of aromatic nitrogens is 3. The molecule has 0 spiro atoms. The van der Waals surface area contributed by atoms with Crippen LogP contribution in [0.4, 0.5) is 0 Å². The number of pyridine rings is 1. The second-order valence-electron chi connectivity index (χ2n) is 4.39. The van der Waals surface area contributed by atoms with Crippen molar-refractivity contribution in [2.24, 2.45) is 0 Å². The molecule has 0 aromatic carbocycles. The lowest BCUT2D eigenvalue weighted by Crippen LogP contribution is -2.11. The van der Waals surface area contributed by atoms with Gasteiger partial charge in [0.1, 0.15) is 5.82 Å². The summed E-state index contributed by atoms with van der Waals surface area (Å²) in [6, 6.07) is 4.13. The standard InChI is InChI=1S/C12H15N3O/c1-9-4-5-15-11(7-9)13-14-12(15)8-10-3-2-6-16-10/h4-5,7,10H,2-3,6,8H2,1H3. The second kappa shape index (κ2) is 3.87. The largest absolute Gasteiger partial charge is 0.378 e. The SMILES string of the molecule is Cc1ccn2c(CC3CCCO3)nnc2c1. The molecule has 0 N–H and O–H groups in total. The molecule has 0 saturated carbocycles. The molecule has 1 saturated heterocycles. The second-order valence-corrected chi connectivity index (χ2v) is 4.39. The molecule has 0 radical (unpaired) electrons. The average Bonchev–Trinajstić information content (AvgIpc) is 2.89. The van der Waals surface area contributed by atoms with Gasteiger partial charge in [0, 0.05) is 19.2 Å². The predicted octanol–water partition coefficient (Wildman–Crippen LogP) is 1.76. The highest BCUT2D eigenvalue weighted by Gasteiger charge is 2.18. The van der Waals surface area contributed by atoms with Crippen LogP contribution in [0, 0.1) is 6.92 Å². The van der Waals surface area contributed by atoms with Gasteiger partial charge in [0.2, 0.25) is 0 Å². The van der Waals surface area contributed by atoms with Crippen LogP contribution in [-0.4, -0.2) is 27.3 Å². The van der Waals surface area contributed by atoms with Crippen molar-refractivity contribution in [2.45, 2.75) is 32.3 Å². The number of aryl methyl sites for hydroxylation is 1. The molecule has 1 aliphatic heterocycles. The zero-order valence-corrected chi connectivity index (χ0v) is 9.39. The number of rotatable bonds is 2. The van der Waals surface area contributed by atoms with Crippen LogP contribution in [0.25, 0.3) is 5.65 Å². The minimum Gasteiger partial charge on any atom is -0.378 e. The summed E-state index contributed by atoms with van der Waals surface area (Å²) in [7, 11) is 0. The van der Waals surface area contributed by atoms with Crippen molar-refractivity contribution in [1.29, 1.82) is 0 Å². The molecule has 1 fully saturated rings. The lowest BCUT2D eigenvalue weighted by atomic mass is 10.2. The Labute approximate surface area is 94.3 Å².